The number of aryl methyl sites for hydroxylation is 2. The van der Waals surface area contributed by atoms with E-state index in [1.165, 1.54) is 11.1 Å². The van der Waals surface area contributed by atoms with Crippen molar-refractivity contribution in [2.75, 3.05) is 13.1 Å². The molecule has 24 heavy (non-hydrogen) atoms. The molecular formula is C21H25NO2. The molecule has 2 aromatic carbocycles. The number of hydrogen-bond acceptors (Lipinski definition) is 3. The van der Waals surface area contributed by atoms with E-state index >= 15 is 0 Å². The van der Waals surface area contributed by atoms with Gasteiger partial charge in [0.25, 0.3) is 0 Å². The number of carbonyl (C=O) groups is 1. The number of ether oxygens (including phenoxy) is 1. The highest BCUT2D eigenvalue weighted by atomic mass is 16.5. The van der Waals surface area contributed by atoms with Gasteiger partial charge >= 0.3 is 5.97 Å². The number of hydrogen-bond donors (Lipinski definition) is 0. The summed E-state index contributed by atoms with van der Waals surface area (Å²) in [5, 5.41) is 0. The second-order valence-electron chi connectivity index (χ2n) is 6.73. The molecule has 126 valence electrons. The molecule has 1 fully saturated rings. The van der Waals surface area contributed by atoms with E-state index in [9.17, 15) is 4.79 Å². The monoisotopic (exact) mass is 323 g/mol. The first-order chi connectivity index (χ1) is 11.6. The zero-order chi connectivity index (χ0) is 16.9. The highest BCUT2D eigenvalue weighted by Gasteiger charge is 2.22. The van der Waals surface area contributed by atoms with Crippen molar-refractivity contribution in [3.8, 4) is 0 Å². The summed E-state index contributed by atoms with van der Waals surface area (Å²) in [5.74, 6) is -0.202. The lowest BCUT2D eigenvalue weighted by Gasteiger charge is -2.31. The number of nitrogens with zero attached hydrogens (tertiary/aromatic N) is 1. The largest absolute Gasteiger partial charge is 0.459 e. The molecule has 3 rings (SSSR count). The maximum Gasteiger partial charge on any atom is 0.338 e. The van der Waals surface area contributed by atoms with E-state index in [-0.39, 0.29) is 12.1 Å². The van der Waals surface area contributed by atoms with Crippen LogP contribution in [0, 0.1) is 13.8 Å². The average Bonchev–Trinajstić information content (AvgIpc) is 2.59. The molecule has 1 aliphatic heterocycles. The minimum Gasteiger partial charge on any atom is -0.459 e. The molecule has 0 spiro atoms. The van der Waals surface area contributed by atoms with Crippen molar-refractivity contribution in [2.45, 2.75) is 39.3 Å². The molecule has 0 amide bonds. The summed E-state index contributed by atoms with van der Waals surface area (Å²) in [6.45, 7) is 7.04. The molecule has 1 heterocycles. The molecule has 0 bridgehead atoms. The first kappa shape index (κ1) is 16.7. The van der Waals surface area contributed by atoms with Crippen molar-refractivity contribution in [1.29, 1.82) is 0 Å². The van der Waals surface area contributed by atoms with Crippen LogP contribution in [0.2, 0.25) is 0 Å². The van der Waals surface area contributed by atoms with Crippen LogP contribution in [0.5, 0.6) is 0 Å². The maximum absolute atomic E-state index is 12.2. The zero-order valence-corrected chi connectivity index (χ0v) is 14.5. The molecule has 0 aliphatic carbocycles. The molecular weight excluding hydrogens is 298 g/mol. The smallest absolute Gasteiger partial charge is 0.338 e. The molecule has 1 saturated heterocycles. The fourth-order valence-corrected chi connectivity index (χ4v) is 3.05. The molecule has 1 aliphatic rings. The van der Waals surface area contributed by atoms with E-state index < -0.39 is 0 Å². The topological polar surface area (TPSA) is 29.5 Å². The van der Waals surface area contributed by atoms with E-state index in [0.717, 1.165) is 38.0 Å². The summed E-state index contributed by atoms with van der Waals surface area (Å²) in [6, 6.07) is 16.3. The van der Waals surface area contributed by atoms with Crippen molar-refractivity contribution in [3.05, 3.63) is 70.8 Å². The summed E-state index contributed by atoms with van der Waals surface area (Å²) < 4.78 is 5.67. The van der Waals surface area contributed by atoms with E-state index in [4.69, 9.17) is 4.74 Å². The number of rotatable bonds is 4. The Labute approximate surface area is 144 Å². The van der Waals surface area contributed by atoms with Crippen LogP contribution >= 0.6 is 0 Å². The Morgan fingerprint density at radius 2 is 1.50 bits per heavy atom. The number of carbonyl (C=O) groups excluding carboxylic acids is 1. The lowest BCUT2D eigenvalue weighted by Crippen LogP contribution is -2.37. The predicted molar refractivity (Wildman–Crippen MR) is 96.1 cm³/mol. The first-order valence-electron chi connectivity index (χ1n) is 8.66. The third kappa shape index (κ3) is 4.45. The van der Waals surface area contributed by atoms with E-state index in [2.05, 4.69) is 36.1 Å². The van der Waals surface area contributed by atoms with Crippen LogP contribution < -0.4 is 0 Å². The molecule has 0 atom stereocenters. The van der Waals surface area contributed by atoms with Crippen molar-refractivity contribution in [3.63, 3.8) is 0 Å². The highest BCUT2D eigenvalue weighted by molar-refractivity contribution is 5.89. The Hall–Kier alpha value is -2.13. The molecule has 0 unspecified atom stereocenters. The standard InChI is InChI=1S/C21H25NO2/c1-16-3-7-18(8-4-16)15-22-13-11-20(12-14-22)24-21(23)19-9-5-17(2)6-10-19/h3-10,20H,11-15H2,1-2H3. The fourth-order valence-electron chi connectivity index (χ4n) is 3.05. The summed E-state index contributed by atoms with van der Waals surface area (Å²) in [6.07, 6.45) is 1.85. The van der Waals surface area contributed by atoms with Crippen LogP contribution in [0.4, 0.5) is 0 Å². The molecule has 0 saturated carbocycles. The molecule has 2 aromatic rings. The van der Waals surface area contributed by atoms with Gasteiger partial charge in [0.05, 0.1) is 5.56 Å². The molecule has 3 heteroatoms. The predicted octanol–water partition coefficient (Wildman–Crippen LogP) is 4.12. The Balaban J connectivity index is 1.47. The summed E-state index contributed by atoms with van der Waals surface area (Å²) in [5.41, 5.74) is 4.43. The second kappa shape index (κ2) is 7.63. The zero-order valence-electron chi connectivity index (χ0n) is 14.5. The van der Waals surface area contributed by atoms with Crippen LogP contribution in [0.25, 0.3) is 0 Å². The van der Waals surface area contributed by atoms with Crippen LogP contribution in [0.15, 0.2) is 48.5 Å². The van der Waals surface area contributed by atoms with Crippen molar-refractivity contribution in [2.24, 2.45) is 0 Å². The Morgan fingerprint density at radius 3 is 2.08 bits per heavy atom. The average molecular weight is 323 g/mol. The van der Waals surface area contributed by atoms with Gasteiger partial charge in [0, 0.05) is 19.6 Å². The van der Waals surface area contributed by atoms with Gasteiger partial charge in [-0.2, -0.15) is 0 Å². The maximum atomic E-state index is 12.2. The lowest BCUT2D eigenvalue weighted by atomic mass is 10.1. The van der Waals surface area contributed by atoms with Crippen molar-refractivity contribution >= 4 is 5.97 Å². The van der Waals surface area contributed by atoms with Crippen LogP contribution in [-0.2, 0) is 11.3 Å². The summed E-state index contributed by atoms with van der Waals surface area (Å²) in [4.78, 5) is 14.6. The first-order valence-corrected chi connectivity index (χ1v) is 8.66. The summed E-state index contributed by atoms with van der Waals surface area (Å²) in [7, 11) is 0. The lowest BCUT2D eigenvalue weighted by molar-refractivity contribution is 0.0104. The quantitative estimate of drug-likeness (QED) is 0.793. The fraction of sp³-hybridized carbons (Fsp3) is 0.381. The van der Waals surface area contributed by atoms with Gasteiger partial charge < -0.3 is 4.74 Å². The highest BCUT2D eigenvalue weighted by Crippen LogP contribution is 2.18. The molecule has 0 aromatic heterocycles. The van der Waals surface area contributed by atoms with Crippen LogP contribution in [0.1, 0.15) is 39.9 Å². The molecule has 3 nitrogen and oxygen atoms in total. The third-order valence-electron chi connectivity index (χ3n) is 4.62. The van der Waals surface area contributed by atoms with Crippen molar-refractivity contribution in [1.82, 2.24) is 4.90 Å². The number of piperidine rings is 1. The van der Waals surface area contributed by atoms with Gasteiger partial charge in [-0.25, -0.2) is 4.79 Å². The van der Waals surface area contributed by atoms with Gasteiger partial charge in [-0.05, 0) is 44.4 Å². The molecule has 0 N–H and O–H groups in total. The van der Waals surface area contributed by atoms with E-state index in [0.29, 0.717) is 5.56 Å². The van der Waals surface area contributed by atoms with E-state index in [1.54, 1.807) is 0 Å². The minimum absolute atomic E-state index is 0.0353. The minimum atomic E-state index is -0.202. The van der Waals surface area contributed by atoms with Gasteiger partial charge in [-0.3, -0.25) is 4.90 Å². The Morgan fingerprint density at radius 1 is 0.958 bits per heavy atom. The van der Waals surface area contributed by atoms with Crippen molar-refractivity contribution < 1.29 is 9.53 Å². The summed E-state index contributed by atoms with van der Waals surface area (Å²) >= 11 is 0. The van der Waals surface area contributed by atoms with E-state index in [1.807, 2.05) is 31.2 Å². The number of benzene rings is 2. The van der Waals surface area contributed by atoms with Crippen LogP contribution in [-0.4, -0.2) is 30.1 Å². The van der Waals surface area contributed by atoms with Gasteiger partial charge in [0.2, 0.25) is 0 Å². The normalized spacial score (nSPS) is 16.1. The number of esters is 1. The van der Waals surface area contributed by atoms with Crippen LogP contribution in [0.3, 0.4) is 0 Å². The van der Waals surface area contributed by atoms with Gasteiger partial charge in [0.1, 0.15) is 6.10 Å². The Kier molecular flexibility index (Phi) is 5.31. The van der Waals surface area contributed by atoms with Gasteiger partial charge in [-0.15, -0.1) is 0 Å². The van der Waals surface area contributed by atoms with Gasteiger partial charge in [0.15, 0.2) is 0 Å². The molecule has 0 radical (unpaired) electrons. The third-order valence-corrected chi connectivity index (χ3v) is 4.62. The SMILES string of the molecule is Cc1ccc(CN2CCC(OC(=O)c3ccc(C)cc3)CC2)cc1. The second-order valence-corrected chi connectivity index (χ2v) is 6.73. The Bertz CT molecular complexity index is 668. The number of likely N-dealkylation sites (tertiary alicyclic amines) is 1. The van der Waals surface area contributed by atoms with Gasteiger partial charge in [-0.1, -0.05) is 47.5 Å².